The molecule has 7 aromatic rings. The third kappa shape index (κ3) is 5.51. The van der Waals surface area contributed by atoms with Gasteiger partial charge in [-0.15, -0.1) is 0 Å². The number of hydrogen-bond donors (Lipinski definition) is 0. The molecule has 0 amide bonds. The van der Waals surface area contributed by atoms with Crippen LogP contribution in [0.5, 0.6) is 0 Å². The Bertz CT molecular complexity index is 3210. The molecule has 3 nitrogen and oxygen atoms in total. The Hall–Kier alpha value is -6.00. The highest BCUT2D eigenvalue weighted by atomic mass is 15.3. The van der Waals surface area contributed by atoms with Crippen molar-refractivity contribution >= 4 is 68.6 Å². The average Bonchev–Trinajstić information content (AvgIpc) is 3.85. The number of para-hydroxylation sites is 2. The van der Waals surface area contributed by atoms with E-state index in [0.29, 0.717) is 0 Å². The van der Waals surface area contributed by atoms with Crippen LogP contribution in [0.4, 0.5) is 45.5 Å². The lowest BCUT2D eigenvalue weighted by Crippen LogP contribution is -2.61. The van der Waals surface area contributed by atoms with E-state index in [1.807, 2.05) is 0 Å². The Labute approximate surface area is 393 Å². The van der Waals surface area contributed by atoms with Crippen LogP contribution in [-0.4, -0.2) is 6.71 Å². The molecule has 0 N–H and O–H groups in total. The molecule has 7 aromatic carbocycles. The van der Waals surface area contributed by atoms with Gasteiger partial charge in [-0.3, -0.25) is 0 Å². The molecule has 2 unspecified atom stereocenters. The van der Waals surface area contributed by atoms with Crippen molar-refractivity contribution in [2.75, 3.05) is 14.7 Å². The van der Waals surface area contributed by atoms with Gasteiger partial charge in [0.15, 0.2) is 0 Å². The third-order valence-corrected chi connectivity index (χ3v) is 17.3. The molecule has 2 atom stereocenters. The van der Waals surface area contributed by atoms with Gasteiger partial charge >= 0.3 is 0 Å². The number of rotatable bonds is 3. The van der Waals surface area contributed by atoms with Gasteiger partial charge in [-0.2, -0.15) is 0 Å². The number of aryl methyl sites for hydroxylation is 1. The van der Waals surface area contributed by atoms with Crippen LogP contribution < -0.4 is 31.1 Å². The number of anilines is 8. The maximum Gasteiger partial charge on any atom is 0.252 e. The lowest BCUT2D eigenvalue weighted by atomic mass is 9.33. The first-order chi connectivity index (χ1) is 31.5. The topological polar surface area (TPSA) is 9.72 Å². The van der Waals surface area contributed by atoms with Crippen molar-refractivity contribution in [1.29, 1.82) is 0 Å². The van der Waals surface area contributed by atoms with Crippen LogP contribution in [0.15, 0.2) is 140 Å². The van der Waals surface area contributed by atoms with E-state index in [-0.39, 0.29) is 33.9 Å². The molecule has 3 aliphatic heterocycles. The molecule has 0 bridgehead atoms. The molecule has 0 fully saturated rings. The predicted molar refractivity (Wildman–Crippen MR) is 280 cm³/mol. The Morgan fingerprint density at radius 2 is 1.09 bits per heavy atom. The van der Waals surface area contributed by atoms with Crippen LogP contribution in [0.2, 0.25) is 0 Å². The van der Waals surface area contributed by atoms with Gasteiger partial charge < -0.3 is 14.7 Å². The molecular weight excluding hydrogens is 798 g/mol. The second kappa shape index (κ2) is 13.3. The smallest absolute Gasteiger partial charge is 0.252 e. The van der Waals surface area contributed by atoms with Crippen LogP contribution in [0.25, 0.3) is 0 Å². The fraction of sp³-hybridized carbons (Fsp3) is 0.323. The molecule has 0 aromatic heterocycles. The number of fused-ring (bicyclic) bond motifs is 11. The Balaban J connectivity index is 1.15. The summed E-state index contributed by atoms with van der Waals surface area (Å²) in [6.07, 6.45) is 6.60. The minimum absolute atomic E-state index is 0.0325. The zero-order valence-corrected chi connectivity index (χ0v) is 40.4. The van der Waals surface area contributed by atoms with Crippen molar-refractivity contribution in [2.24, 2.45) is 10.8 Å². The Kier molecular flexibility index (Phi) is 8.14. The summed E-state index contributed by atoms with van der Waals surface area (Å²) >= 11 is 0. The summed E-state index contributed by atoms with van der Waals surface area (Å²) in [5.41, 5.74) is 26.2. The van der Waals surface area contributed by atoms with Gasteiger partial charge in [0.05, 0.1) is 5.54 Å². The molecule has 0 saturated carbocycles. The Morgan fingerprint density at radius 3 is 1.83 bits per heavy atom. The summed E-state index contributed by atoms with van der Waals surface area (Å²) in [4.78, 5) is 8.10. The lowest BCUT2D eigenvalue weighted by Gasteiger charge is -2.52. The normalized spacial score (nSPS) is 22.2. The number of nitrogens with zero attached hydrogens (tertiary/aromatic N) is 3. The first-order valence-electron chi connectivity index (χ1n) is 24.8. The second-order valence-electron chi connectivity index (χ2n) is 23.9. The lowest BCUT2D eigenvalue weighted by molar-refractivity contribution is 0.245. The van der Waals surface area contributed by atoms with Gasteiger partial charge in [-0.05, 0) is 177 Å². The van der Waals surface area contributed by atoms with Crippen LogP contribution in [0, 0.1) is 10.8 Å². The SMILES string of the molecule is CC1(C)Cc2ccc(N3c4cc5c(cc4B4c6ccccc6N(c6ccccc6)c6cc(N7c8ccc(C(C)(C)C)cc8C8(C)CCc9ccccc9C78C)cc3c64)CC(C)(C)C5)cc2C1. The predicted octanol–water partition coefficient (Wildman–Crippen LogP) is 13.6. The fourth-order valence-corrected chi connectivity index (χ4v) is 14.1. The quantitative estimate of drug-likeness (QED) is 0.164. The molecule has 0 saturated heterocycles. The van der Waals surface area contributed by atoms with Crippen LogP contribution in [0.1, 0.15) is 113 Å². The summed E-state index contributed by atoms with van der Waals surface area (Å²) in [6.45, 7) is 22.1. The van der Waals surface area contributed by atoms with Gasteiger partial charge in [0.2, 0.25) is 0 Å². The first kappa shape index (κ1) is 40.3. The minimum Gasteiger partial charge on any atom is -0.330 e. The molecule has 0 radical (unpaired) electrons. The highest BCUT2D eigenvalue weighted by Gasteiger charge is 2.60. The average molecular weight is 860 g/mol. The molecule has 4 heteroatoms. The summed E-state index contributed by atoms with van der Waals surface area (Å²) in [5, 5.41) is 0. The van der Waals surface area contributed by atoms with Crippen LogP contribution in [0.3, 0.4) is 0 Å². The zero-order chi connectivity index (χ0) is 45.3. The molecule has 3 aliphatic carbocycles. The van der Waals surface area contributed by atoms with Crippen molar-refractivity contribution in [3.8, 4) is 0 Å². The third-order valence-electron chi connectivity index (χ3n) is 17.3. The molecule has 328 valence electrons. The van der Waals surface area contributed by atoms with E-state index in [1.165, 1.54) is 106 Å². The van der Waals surface area contributed by atoms with E-state index in [4.69, 9.17) is 0 Å². The maximum absolute atomic E-state index is 2.80. The molecule has 6 aliphatic rings. The van der Waals surface area contributed by atoms with E-state index in [9.17, 15) is 0 Å². The van der Waals surface area contributed by atoms with Crippen molar-refractivity contribution in [1.82, 2.24) is 0 Å². The highest BCUT2D eigenvalue weighted by molar-refractivity contribution is 7.00. The van der Waals surface area contributed by atoms with Gasteiger partial charge in [0.1, 0.15) is 0 Å². The van der Waals surface area contributed by atoms with Crippen molar-refractivity contribution in [3.05, 3.63) is 184 Å². The van der Waals surface area contributed by atoms with E-state index in [2.05, 4.69) is 217 Å². The van der Waals surface area contributed by atoms with E-state index < -0.39 is 0 Å². The monoisotopic (exact) mass is 860 g/mol. The van der Waals surface area contributed by atoms with Gasteiger partial charge in [0, 0.05) is 50.9 Å². The molecule has 3 heterocycles. The number of hydrogen-bond acceptors (Lipinski definition) is 3. The summed E-state index contributed by atoms with van der Waals surface area (Å²) in [6, 6.07) is 55.2. The van der Waals surface area contributed by atoms with Gasteiger partial charge in [0.25, 0.3) is 6.71 Å². The first-order valence-corrected chi connectivity index (χ1v) is 24.8. The zero-order valence-electron chi connectivity index (χ0n) is 40.4. The maximum atomic E-state index is 2.80. The number of benzene rings is 7. The summed E-state index contributed by atoms with van der Waals surface area (Å²) < 4.78 is 0. The van der Waals surface area contributed by atoms with Crippen LogP contribution >= 0.6 is 0 Å². The Morgan fingerprint density at radius 1 is 0.455 bits per heavy atom. The molecule has 0 spiro atoms. The van der Waals surface area contributed by atoms with E-state index >= 15 is 0 Å². The summed E-state index contributed by atoms with van der Waals surface area (Å²) in [7, 11) is 0. The minimum atomic E-state index is -0.353. The van der Waals surface area contributed by atoms with Gasteiger partial charge in [-0.1, -0.05) is 140 Å². The highest BCUT2D eigenvalue weighted by Crippen LogP contribution is 2.65. The van der Waals surface area contributed by atoms with Gasteiger partial charge in [-0.25, -0.2) is 0 Å². The molecule has 66 heavy (non-hydrogen) atoms. The van der Waals surface area contributed by atoms with Crippen molar-refractivity contribution in [2.45, 2.75) is 117 Å². The van der Waals surface area contributed by atoms with Crippen molar-refractivity contribution < 1.29 is 0 Å². The van der Waals surface area contributed by atoms with E-state index in [1.54, 1.807) is 0 Å². The van der Waals surface area contributed by atoms with Crippen LogP contribution in [-0.2, 0) is 48.5 Å². The molecular formula is C62H62BN3. The largest absolute Gasteiger partial charge is 0.330 e. The second-order valence-corrected chi connectivity index (χ2v) is 23.9. The molecule has 13 rings (SSSR count). The van der Waals surface area contributed by atoms with E-state index in [0.717, 1.165) is 38.5 Å². The standard InChI is InChI=1S/C62H62BN3/c1-58(2,3)44-24-26-52-49(32-44)61(8)28-27-39-17-13-14-20-48(39)62(61,9)66(52)47-33-55-57-56(34-47)65(46-25-23-40-35-59(4,5)36-41(40)29-46)54-31-43-38-60(6,7)37-42(43)30-51(54)63(57)50-21-15-16-22-53(50)64(55)45-18-11-10-12-19-45/h10-26,29-34H,27-28,35-38H2,1-9H3. The fourth-order valence-electron chi connectivity index (χ4n) is 14.1. The van der Waals surface area contributed by atoms with Crippen molar-refractivity contribution in [3.63, 3.8) is 0 Å². The summed E-state index contributed by atoms with van der Waals surface area (Å²) in [5.74, 6) is 0.